The van der Waals surface area contributed by atoms with Crippen LogP contribution in [0.3, 0.4) is 0 Å². The Labute approximate surface area is 112 Å². The largest absolute Gasteiger partial charge is 0.480 e. The van der Waals surface area contributed by atoms with Crippen LogP contribution in [0.2, 0.25) is 0 Å². The fourth-order valence-corrected chi connectivity index (χ4v) is 1.35. The van der Waals surface area contributed by atoms with Gasteiger partial charge in [-0.05, 0) is 12.3 Å². The van der Waals surface area contributed by atoms with Crippen molar-refractivity contribution in [1.82, 2.24) is 10.6 Å². The molecule has 0 fully saturated rings. The van der Waals surface area contributed by atoms with Crippen LogP contribution >= 0.6 is 0 Å². The van der Waals surface area contributed by atoms with Crippen LogP contribution in [0.15, 0.2) is 12.7 Å². The second-order valence-corrected chi connectivity index (χ2v) is 4.28. The monoisotopic (exact) mass is 272 g/mol. The van der Waals surface area contributed by atoms with Gasteiger partial charge in [-0.25, -0.2) is 14.4 Å². The zero-order chi connectivity index (χ0) is 15.0. The average Bonchev–Trinajstić information content (AvgIpc) is 2.34. The van der Waals surface area contributed by atoms with Gasteiger partial charge in [0.05, 0.1) is 7.11 Å². The molecule has 2 amide bonds. The van der Waals surface area contributed by atoms with Crippen LogP contribution in [0.1, 0.15) is 20.3 Å². The SMILES string of the molecule is C=CCC(NC(=O)NC(C(=O)OC)C(C)C)C(=O)O. The number of carboxylic acid groups (broad SMARTS) is 1. The standard InChI is InChI=1S/C12H20N2O5/c1-5-6-8(10(15)16)13-12(18)14-9(7(2)3)11(17)19-4/h5,7-9H,1,6H2,2-4H3,(H,15,16)(H2,13,14,18). The second kappa shape index (κ2) is 8.12. The van der Waals surface area contributed by atoms with E-state index in [4.69, 9.17) is 5.11 Å². The van der Waals surface area contributed by atoms with Gasteiger partial charge in [0.25, 0.3) is 0 Å². The van der Waals surface area contributed by atoms with E-state index in [-0.39, 0.29) is 12.3 Å². The first kappa shape index (κ1) is 16.9. The molecule has 0 aliphatic carbocycles. The molecule has 0 aromatic heterocycles. The number of esters is 1. The topological polar surface area (TPSA) is 105 Å². The fraction of sp³-hybridized carbons (Fsp3) is 0.583. The van der Waals surface area contributed by atoms with Gasteiger partial charge in [-0.3, -0.25) is 0 Å². The van der Waals surface area contributed by atoms with Crippen LogP contribution < -0.4 is 10.6 Å². The van der Waals surface area contributed by atoms with Crippen molar-refractivity contribution in [2.75, 3.05) is 7.11 Å². The van der Waals surface area contributed by atoms with E-state index in [0.717, 1.165) is 0 Å². The summed E-state index contributed by atoms with van der Waals surface area (Å²) in [6.07, 6.45) is 1.48. The molecule has 0 aromatic carbocycles. The maximum atomic E-state index is 11.6. The van der Waals surface area contributed by atoms with Gasteiger partial charge in [0, 0.05) is 0 Å². The molecule has 0 spiro atoms. The molecule has 0 radical (unpaired) electrons. The summed E-state index contributed by atoms with van der Waals surface area (Å²) in [5.41, 5.74) is 0. The van der Waals surface area contributed by atoms with Crippen molar-refractivity contribution in [1.29, 1.82) is 0 Å². The van der Waals surface area contributed by atoms with Crippen LogP contribution in [0.5, 0.6) is 0 Å². The quantitative estimate of drug-likeness (QED) is 0.462. The average molecular weight is 272 g/mol. The maximum absolute atomic E-state index is 11.6. The molecule has 19 heavy (non-hydrogen) atoms. The number of methoxy groups -OCH3 is 1. The molecule has 2 unspecified atom stereocenters. The lowest BCUT2D eigenvalue weighted by Crippen LogP contribution is -2.52. The molecule has 0 saturated heterocycles. The van der Waals surface area contributed by atoms with E-state index >= 15 is 0 Å². The van der Waals surface area contributed by atoms with E-state index in [9.17, 15) is 14.4 Å². The molecule has 2 atom stereocenters. The lowest BCUT2D eigenvalue weighted by atomic mass is 10.1. The van der Waals surface area contributed by atoms with Gasteiger partial charge in [-0.1, -0.05) is 19.9 Å². The number of carbonyl (C=O) groups is 3. The molecule has 7 heteroatoms. The van der Waals surface area contributed by atoms with E-state index in [1.807, 2.05) is 0 Å². The molecule has 0 bridgehead atoms. The number of hydrogen-bond acceptors (Lipinski definition) is 4. The van der Waals surface area contributed by atoms with Crippen LogP contribution in [-0.4, -0.2) is 42.3 Å². The van der Waals surface area contributed by atoms with Gasteiger partial charge in [0.2, 0.25) is 0 Å². The number of amides is 2. The van der Waals surface area contributed by atoms with E-state index in [2.05, 4.69) is 21.9 Å². The number of carbonyl (C=O) groups excluding carboxylic acids is 2. The molecule has 0 aliphatic rings. The molecule has 0 aromatic rings. The smallest absolute Gasteiger partial charge is 0.328 e. The number of urea groups is 1. The molecule has 7 nitrogen and oxygen atoms in total. The number of ether oxygens (including phenoxy) is 1. The number of aliphatic carboxylic acids is 1. The van der Waals surface area contributed by atoms with Gasteiger partial charge in [-0.2, -0.15) is 0 Å². The highest BCUT2D eigenvalue weighted by Gasteiger charge is 2.26. The molecule has 0 aliphatic heterocycles. The van der Waals surface area contributed by atoms with Crippen molar-refractivity contribution in [3.05, 3.63) is 12.7 Å². The molecular formula is C12H20N2O5. The summed E-state index contributed by atoms with van der Waals surface area (Å²) in [7, 11) is 1.22. The molecule has 108 valence electrons. The Morgan fingerprint density at radius 2 is 1.89 bits per heavy atom. The summed E-state index contributed by atoms with van der Waals surface area (Å²) >= 11 is 0. The second-order valence-electron chi connectivity index (χ2n) is 4.28. The van der Waals surface area contributed by atoms with Crippen molar-refractivity contribution < 1.29 is 24.2 Å². The molecule has 3 N–H and O–H groups in total. The zero-order valence-electron chi connectivity index (χ0n) is 11.3. The summed E-state index contributed by atoms with van der Waals surface area (Å²) in [6, 6.07) is -2.65. The Bertz CT molecular complexity index is 354. The lowest BCUT2D eigenvalue weighted by molar-refractivity contribution is -0.144. The Hall–Kier alpha value is -2.05. The van der Waals surface area contributed by atoms with E-state index in [0.29, 0.717) is 0 Å². The molecule has 0 rings (SSSR count). The van der Waals surface area contributed by atoms with Gasteiger partial charge < -0.3 is 20.5 Å². The predicted octanol–water partition coefficient (Wildman–Crippen LogP) is 0.513. The highest BCUT2D eigenvalue weighted by atomic mass is 16.5. The fourth-order valence-electron chi connectivity index (χ4n) is 1.35. The number of nitrogens with one attached hydrogen (secondary N) is 2. The molecular weight excluding hydrogens is 252 g/mol. The summed E-state index contributed by atoms with van der Waals surface area (Å²) in [5.74, 6) is -1.93. The Morgan fingerprint density at radius 3 is 2.26 bits per heavy atom. The van der Waals surface area contributed by atoms with Gasteiger partial charge >= 0.3 is 18.0 Å². The van der Waals surface area contributed by atoms with Crippen molar-refractivity contribution in [2.45, 2.75) is 32.4 Å². The van der Waals surface area contributed by atoms with Crippen LogP contribution in [-0.2, 0) is 14.3 Å². The number of carboxylic acids is 1. The highest BCUT2D eigenvalue weighted by molar-refractivity contribution is 5.86. The maximum Gasteiger partial charge on any atom is 0.328 e. The van der Waals surface area contributed by atoms with E-state index < -0.39 is 30.1 Å². The highest BCUT2D eigenvalue weighted by Crippen LogP contribution is 2.03. The predicted molar refractivity (Wildman–Crippen MR) is 68.5 cm³/mol. The minimum absolute atomic E-state index is 0.0906. The van der Waals surface area contributed by atoms with Crippen molar-refractivity contribution in [3.63, 3.8) is 0 Å². The third-order valence-electron chi connectivity index (χ3n) is 2.41. The van der Waals surface area contributed by atoms with Crippen molar-refractivity contribution in [3.8, 4) is 0 Å². The molecule has 0 saturated carbocycles. The lowest BCUT2D eigenvalue weighted by Gasteiger charge is -2.21. The molecule has 0 heterocycles. The van der Waals surface area contributed by atoms with Crippen molar-refractivity contribution in [2.24, 2.45) is 5.92 Å². The Kier molecular flexibility index (Phi) is 7.25. The third-order valence-corrected chi connectivity index (χ3v) is 2.41. The van der Waals surface area contributed by atoms with Crippen molar-refractivity contribution >= 4 is 18.0 Å². The summed E-state index contributed by atoms with van der Waals surface area (Å²) < 4.78 is 4.56. The van der Waals surface area contributed by atoms with Gasteiger partial charge in [-0.15, -0.1) is 6.58 Å². The minimum atomic E-state index is -1.17. The van der Waals surface area contributed by atoms with Crippen LogP contribution in [0.25, 0.3) is 0 Å². The van der Waals surface area contributed by atoms with Gasteiger partial charge in [0.15, 0.2) is 0 Å². The first-order valence-corrected chi connectivity index (χ1v) is 5.82. The first-order valence-electron chi connectivity index (χ1n) is 5.82. The number of hydrogen-bond donors (Lipinski definition) is 3. The van der Waals surface area contributed by atoms with E-state index in [1.54, 1.807) is 13.8 Å². The third kappa shape index (κ3) is 5.89. The van der Waals surface area contributed by atoms with Crippen LogP contribution in [0.4, 0.5) is 4.79 Å². The van der Waals surface area contributed by atoms with Crippen LogP contribution in [0, 0.1) is 5.92 Å². The Morgan fingerprint density at radius 1 is 1.32 bits per heavy atom. The summed E-state index contributed by atoms with van der Waals surface area (Å²) in [5, 5.41) is 13.5. The normalized spacial score (nSPS) is 13.3. The summed E-state index contributed by atoms with van der Waals surface area (Å²) in [4.78, 5) is 33.9. The minimum Gasteiger partial charge on any atom is -0.480 e. The van der Waals surface area contributed by atoms with E-state index in [1.165, 1.54) is 13.2 Å². The Balaban J connectivity index is 4.60. The number of rotatable bonds is 7. The van der Waals surface area contributed by atoms with Gasteiger partial charge in [0.1, 0.15) is 12.1 Å². The first-order chi connectivity index (χ1) is 8.83. The summed E-state index contributed by atoms with van der Waals surface area (Å²) in [6.45, 7) is 6.88. The zero-order valence-corrected chi connectivity index (χ0v) is 11.3.